The van der Waals surface area contributed by atoms with Crippen molar-refractivity contribution in [2.45, 2.75) is 45.6 Å². The van der Waals surface area contributed by atoms with E-state index in [1.165, 1.54) is 4.90 Å². The fourth-order valence-corrected chi connectivity index (χ4v) is 2.88. The molecule has 2 aliphatic rings. The van der Waals surface area contributed by atoms with E-state index in [4.69, 9.17) is 0 Å². The van der Waals surface area contributed by atoms with Crippen LogP contribution in [-0.4, -0.2) is 35.2 Å². The molecule has 1 N–H and O–H groups in total. The van der Waals surface area contributed by atoms with Crippen LogP contribution in [-0.2, 0) is 14.4 Å². The molecule has 5 nitrogen and oxygen atoms in total. The van der Waals surface area contributed by atoms with Gasteiger partial charge < -0.3 is 5.32 Å². The lowest BCUT2D eigenvalue weighted by Gasteiger charge is -2.14. The average Bonchev–Trinajstić information content (AvgIpc) is 2.63. The Morgan fingerprint density at radius 2 is 1.80 bits per heavy atom. The van der Waals surface area contributed by atoms with Crippen molar-refractivity contribution in [1.29, 1.82) is 0 Å². The molecule has 0 unspecified atom stereocenters. The number of nitrogens with one attached hydrogen (secondary N) is 1. The summed E-state index contributed by atoms with van der Waals surface area (Å²) in [5, 5.41) is 2.80. The van der Waals surface area contributed by atoms with Crippen LogP contribution in [0.25, 0.3) is 0 Å². The van der Waals surface area contributed by atoms with E-state index in [-0.39, 0.29) is 35.6 Å². The largest absolute Gasteiger partial charge is 0.354 e. The molecule has 0 aromatic carbocycles. The quantitative estimate of drug-likeness (QED) is 0.608. The zero-order valence-corrected chi connectivity index (χ0v) is 12.1. The van der Waals surface area contributed by atoms with Crippen LogP contribution in [0.15, 0.2) is 12.2 Å². The maximum atomic E-state index is 12.2. The van der Waals surface area contributed by atoms with Crippen molar-refractivity contribution in [2.75, 3.05) is 6.54 Å². The molecular formula is C15H22N2O3. The van der Waals surface area contributed by atoms with Crippen LogP contribution >= 0.6 is 0 Å². The third-order valence-corrected chi connectivity index (χ3v) is 3.83. The van der Waals surface area contributed by atoms with Gasteiger partial charge in [-0.05, 0) is 33.1 Å². The number of amides is 3. The SMILES string of the molecule is CC(C)NC(=O)CCCN1C(=O)[C@H]2CC=CC[C@@H]2C1=O. The van der Waals surface area contributed by atoms with Gasteiger partial charge in [-0.1, -0.05) is 12.2 Å². The Morgan fingerprint density at radius 3 is 2.30 bits per heavy atom. The minimum Gasteiger partial charge on any atom is -0.354 e. The van der Waals surface area contributed by atoms with Gasteiger partial charge in [0.1, 0.15) is 0 Å². The number of carbonyl (C=O) groups excluding carboxylic acids is 3. The van der Waals surface area contributed by atoms with E-state index in [2.05, 4.69) is 5.32 Å². The molecule has 20 heavy (non-hydrogen) atoms. The van der Waals surface area contributed by atoms with E-state index >= 15 is 0 Å². The van der Waals surface area contributed by atoms with Gasteiger partial charge in [-0.2, -0.15) is 0 Å². The first kappa shape index (κ1) is 14.8. The Labute approximate surface area is 119 Å². The van der Waals surface area contributed by atoms with Gasteiger partial charge in [0.05, 0.1) is 11.8 Å². The lowest BCUT2D eigenvalue weighted by molar-refractivity contribution is -0.140. The van der Waals surface area contributed by atoms with Crippen LogP contribution in [0.3, 0.4) is 0 Å². The smallest absolute Gasteiger partial charge is 0.233 e. The molecule has 0 radical (unpaired) electrons. The summed E-state index contributed by atoms with van der Waals surface area (Å²) < 4.78 is 0. The fraction of sp³-hybridized carbons (Fsp3) is 0.667. The summed E-state index contributed by atoms with van der Waals surface area (Å²) in [6.07, 6.45) is 6.17. The van der Waals surface area contributed by atoms with Crippen LogP contribution < -0.4 is 5.32 Å². The van der Waals surface area contributed by atoms with E-state index in [0.717, 1.165) is 0 Å². The number of hydrogen-bond donors (Lipinski definition) is 1. The van der Waals surface area contributed by atoms with Gasteiger partial charge >= 0.3 is 0 Å². The van der Waals surface area contributed by atoms with E-state index in [9.17, 15) is 14.4 Å². The van der Waals surface area contributed by atoms with E-state index < -0.39 is 0 Å². The molecule has 3 amide bonds. The predicted octanol–water partition coefficient (Wildman–Crippen LogP) is 1.24. The van der Waals surface area contributed by atoms with E-state index in [1.807, 2.05) is 26.0 Å². The van der Waals surface area contributed by atoms with Crippen molar-refractivity contribution in [1.82, 2.24) is 10.2 Å². The summed E-state index contributed by atoms with van der Waals surface area (Å²) in [7, 11) is 0. The van der Waals surface area contributed by atoms with E-state index in [1.54, 1.807) is 0 Å². The van der Waals surface area contributed by atoms with E-state index in [0.29, 0.717) is 32.2 Å². The van der Waals surface area contributed by atoms with Crippen LogP contribution in [0.1, 0.15) is 39.5 Å². The highest BCUT2D eigenvalue weighted by atomic mass is 16.2. The van der Waals surface area contributed by atoms with Gasteiger partial charge in [0.2, 0.25) is 17.7 Å². The second-order valence-electron chi connectivity index (χ2n) is 5.81. The number of hydrogen-bond acceptors (Lipinski definition) is 3. The van der Waals surface area contributed by atoms with Gasteiger partial charge in [0.15, 0.2) is 0 Å². The van der Waals surface area contributed by atoms with Crippen molar-refractivity contribution in [2.24, 2.45) is 11.8 Å². The summed E-state index contributed by atoms with van der Waals surface area (Å²) >= 11 is 0. The highest BCUT2D eigenvalue weighted by Crippen LogP contribution is 2.35. The molecule has 2 rings (SSSR count). The fourth-order valence-electron chi connectivity index (χ4n) is 2.88. The van der Waals surface area contributed by atoms with Crippen molar-refractivity contribution < 1.29 is 14.4 Å². The second kappa shape index (κ2) is 6.20. The van der Waals surface area contributed by atoms with Gasteiger partial charge in [-0.3, -0.25) is 19.3 Å². The maximum absolute atomic E-state index is 12.2. The second-order valence-corrected chi connectivity index (χ2v) is 5.81. The van der Waals surface area contributed by atoms with Gasteiger partial charge in [0, 0.05) is 19.0 Å². The topological polar surface area (TPSA) is 66.5 Å². The zero-order chi connectivity index (χ0) is 14.7. The zero-order valence-electron chi connectivity index (χ0n) is 12.1. The summed E-state index contributed by atoms with van der Waals surface area (Å²) in [5.41, 5.74) is 0. The van der Waals surface area contributed by atoms with Crippen LogP contribution in [0.4, 0.5) is 0 Å². The number of nitrogens with zero attached hydrogens (tertiary/aromatic N) is 1. The van der Waals surface area contributed by atoms with Gasteiger partial charge in [-0.25, -0.2) is 0 Å². The Balaban J connectivity index is 1.83. The minimum absolute atomic E-state index is 0.0295. The molecule has 0 aromatic rings. The Morgan fingerprint density at radius 1 is 1.25 bits per heavy atom. The Kier molecular flexibility index (Phi) is 4.57. The van der Waals surface area contributed by atoms with Crippen molar-refractivity contribution in [3.05, 3.63) is 12.2 Å². The Bertz CT molecular complexity index is 416. The average molecular weight is 278 g/mol. The minimum atomic E-state index is -0.169. The Hall–Kier alpha value is -1.65. The highest BCUT2D eigenvalue weighted by molar-refractivity contribution is 6.05. The maximum Gasteiger partial charge on any atom is 0.233 e. The number of fused-ring (bicyclic) bond motifs is 1. The lowest BCUT2D eigenvalue weighted by atomic mass is 9.85. The first-order valence-electron chi connectivity index (χ1n) is 7.30. The third kappa shape index (κ3) is 3.08. The molecule has 0 aromatic heterocycles. The molecule has 0 bridgehead atoms. The highest BCUT2D eigenvalue weighted by Gasteiger charge is 2.46. The molecule has 0 saturated carbocycles. The van der Waals surface area contributed by atoms with Crippen molar-refractivity contribution >= 4 is 17.7 Å². The summed E-state index contributed by atoms with van der Waals surface area (Å²) in [4.78, 5) is 37.2. The molecule has 2 atom stereocenters. The van der Waals surface area contributed by atoms with Gasteiger partial charge in [-0.15, -0.1) is 0 Å². The number of likely N-dealkylation sites (tertiary alicyclic amines) is 1. The lowest BCUT2D eigenvalue weighted by Crippen LogP contribution is -2.34. The molecule has 1 fully saturated rings. The van der Waals surface area contributed by atoms with Crippen LogP contribution in [0, 0.1) is 11.8 Å². The van der Waals surface area contributed by atoms with Gasteiger partial charge in [0.25, 0.3) is 0 Å². The first-order valence-corrected chi connectivity index (χ1v) is 7.30. The molecular weight excluding hydrogens is 256 g/mol. The number of allylic oxidation sites excluding steroid dienone is 2. The summed E-state index contributed by atoms with van der Waals surface area (Å²) in [6.45, 7) is 4.17. The number of imide groups is 1. The monoisotopic (exact) mass is 278 g/mol. The molecule has 1 heterocycles. The van der Waals surface area contributed by atoms with Crippen molar-refractivity contribution in [3.8, 4) is 0 Å². The molecule has 5 heteroatoms. The predicted molar refractivity (Wildman–Crippen MR) is 74.6 cm³/mol. The number of rotatable bonds is 5. The molecule has 1 saturated heterocycles. The summed E-state index contributed by atoms with van der Waals surface area (Å²) in [6, 6.07) is 0.117. The third-order valence-electron chi connectivity index (χ3n) is 3.83. The standard InChI is InChI=1S/C15H22N2O3/c1-10(2)16-13(18)8-5-9-17-14(19)11-6-3-4-7-12(11)15(17)20/h3-4,10-12H,5-9H2,1-2H3,(H,16,18)/t11-,12-/m0/s1. The molecule has 1 aliphatic carbocycles. The molecule has 110 valence electrons. The normalized spacial score (nSPS) is 25.2. The molecule has 0 spiro atoms. The van der Waals surface area contributed by atoms with Crippen LogP contribution in [0.5, 0.6) is 0 Å². The van der Waals surface area contributed by atoms with Crippen molar-refractivity contribution in [3.63, 3.8) is 0 Å². The van der Waals surface area contributed by atoms with Crippen LogP contribution in [0.2, 0.25) is 0 Å². The molecule has 1 aliphatic heterocycles. The summed E-state index contributed by atoms with van der Waals surface area (Å²) in [5.74, 6) is -0.491. The first-order chi connectivity index (χ1) is 9.50. The number of carbonyl (C=O) groups is 3.